The van der Waals surface area contributed by atoms with E-state index in [-0.39, 0.29) is 23.0 Å². The van der Waals surface area contributed by atoms with Gasteiger partial charge in [-0.3, -0.25) is 19.1 Å². The Hall–Kier alpha value is -2.91. The quantitative estimate of drug-likeness (QED) is 0.505. The lowest BCUT2D eigenvalue weighted by Gasteiger charge is -2.36. The van der Waals surface area contributed by atoms with Crippen LogP contribution in [0.4, 0.5) is 0 Å². The molecule has 0 spiro atoms. The zero-order chi connectivity index (χ0) is 22.3. The first-order chi connectivity index (χ1) is 14.7. The van der Waals surface area contributed by atoms with Crippen LogP contribution < -0.4 is 11.2 Å². The minimum atomic E-state index is -4.17. The number of hydroxylamine groups is 2. The summed E-state index contributed by atoms with van der Waals surface area (Å²) < 4.78 is 28.0. The largest absolute Gasteiger partial charge is 0.353 e. The molecule has 2 aromatic heterocycles. The van der Waals surface area contributed by atoms with Gasteiger partial charge in [0.15, 0.2) is 0 Å². The van der Waals surface area contributed by atoms with E-state index in [1.54, 1.807) is 24.3 Å². The zero-order valence-corrected chi connectivity index (χ0v) is 17.7. The maximum Gasteiger partial charge on any atom is 0.328 e. The van der Waals surface area contributed by atoms with Gasteiger partial charge in [-0.1, -0.05) is 12.1 Å². The molecule has 0 bridgehead atoms. The molecule has 1 aliphatic rings. The van der Waals surface area contributed by atoms with Gasteiger partial charge in [0.1, 0.15) is 6.54 Å². The van der Waals surface area contributed by atoms with Crippen molar-refractivity contribution in [2.75, 3.05) is 13.1 Å². The average Bonchev–Trinajstić information content (AvgIpc) is 3.17. The highest BCUT2D eigenvalue weighted by Gasteiger charge is 2.39. The highest BCUT2D eigenvalue weighted by molar-refractivity contribution is 7.91. The lowest BCUT2D eigenvalue weighted by atomic mass is 10.3. The summed E-state index contributed by atoms with van der Waals surface area (Å²) in [6.45, 7) is 0.584. The summed E-state index contributed by atoms with van der Waals surface area (Å²) in [4.78, 5) is 47.0. The molecular formula is C17H17N5O7S2. The molecule has 2 N–H and O–H groups in total. The number of carbonyl (C=O) groups is 1. The minimum Gasteiger partial charge on any atom is -0.353 e. The lowest BCUT2D eigenvalue weighted by Crippen LogP contribution is -2.55. The van der Waals surface area contributed by atoms with Gasteiger partial charge in [0.25, 0.3) is 27.9 Å². The number of aromatic amines is 1. The molecular weight excluding hydrogens is 450 g/mol. The first-order valence-electron chi connectivity index (χ1n) is 9.00. The molecule has 1 aliphatic heterocycles. The Morgan fingerprint density at radius 2 is 2.06 bits per heavy atom. The summed E-state index contributed by atoms with van der Waals surface area (Å²) in [6.07, 6.45) is -0.729. The highest BCUT2D eigenvalue weighted by Crippen LogP contribution is 2.29. The molecule has 0 radical (unpaired) electrons. The fourth-order valence-corrected chi connectivity index (χ4v) is 5.65. The number of sulfonamides is 1. The van der Waals surface area contributed by atoms with Gasteiger partial charge >= 0.3 is 5.69 Å². The van der Waals surface area contributed by atoms with Crippen LogP contribution in [0, 0.1) is 6.92 Å². The first-order valence-corrected chi connectivity index (χ1v) is 11.3. The van der Waals surface area contributed by atoms with Gasteiger partial charge in [-0.05, 0) is 19.1 Å². The molecule has 1 fully saturated rings. The molecule has 1 aromatic carbocycles. The van der Waals surface area contributed by atoms with Crippen LogP contribution in [0.2, 0.25) is 0 Å². The van der Waals surface area contributed by atoms with Crippen LogP contribution in [0.3, 0.4) is 0 Å². The van der Waals surface area contributed by atoms with E-state index >= 15 is 0 Å². The van der Waals surface area contributed by atoms with Gasteiger partial charge in [0.2, 0.25) is 4.34 Å². The van der Waals surface area contributed by atoms with Crippen LogP contribution >= 0.6 is 11.3 Å². The normalized spacial score (nSPS) is 17.9. The van der Waals surface area contributed by atoms with Crippen molar-refractivity contribution < 1.29 is 23.2 Å². The second-order valence-electron chi connectivity index (χ2n) is 6.69. The van der Waals surface area contributed by atoms with Crippen molar-refractivity contribution in [3.63, 3.8) is 0 Å². The number of aromatic nitrogens is 3. The van der Waals surface area contributed by atoms with Crippen LogP contribution in [0.25, 0.3) is 10.2 Å². The van der Waals surface area contributed by atoms with Crippen LogP contribution in [-0.2, 0) is 26.2 Å². The summed E-state index contributed by atoms with van der Waals surface area (Å²) in [5.41, 5.74) is -0.590. The Kier molecular flexibility index (Phi) is 5.49. The number of hydrogen-bond acceptors (Lipinski definition) is 9. The zero-order valence-electron chi connectivity index (χ0n) is 16.1. The number of hydrogen-bond donors (Lipinski definition) is 2. The number of amides is 1. The molecule has 1 unspecified atom stereocenters. The molecule has 1 atom stereocenters. The van der Waals surface area contributed by atoms with Crippen LogP contribution in [-0.4, -0.2) is 62.8 Å². The molecule has 12 nitrogen and oxygen atoms in total. The maximum absolute atomic E-state index is 12.9. The number of carbonyl (C=O) groups excluding carboxylic acids is 1. The summed E-state index contributed by atoms with van der Waals surface area (Å²) >= 11 is 0.958. The summed E-state index contributed by atoms with van der Waals surface area (Å²) in [6, 6.07) is 6.90. The van der Waals surface area contributed by atoms with E-state index in [0.717, 1.165) is 21.0 Å². The molecule has 1 amide bonds. The van der Waals surface area contributed by atoms with Gasteiger partial charge in [0, 0.05) is 18.3 Å². The van der Waals surface area contributed by atoms with Crippen molar-refractivity contribution in [2.24, 2.45) is 0 Å². The molecule has 164 valence electrons. The van der Waals surface area contributed by atoms with Crippen molar-refractivity contribution in [1.82, 2.24) is 23.9 Å². The van der Waals surface area contributed by atoms with Crippen molar-refractivity contribution in [3.05, 3.63) is 56.9 Å². The molecule has 0 aliphatic carbocycles. The monoisotopic (exact) mass is 467 g/mol. The van der Waals surface area contributed by atoms with Crippen molar-refractivity contribution in [2.45, 2.75) is 24.2 Å². The Labute approximate surface area is 178 Å². The number of rotatable bonds is 4. The van der Waals surface area contributed by atoms with Crippen molar-refractivity contribution >= 4 is 37.5 Å². The van der Waals surface area contributed by atoms with Crippen LogP contribution in [0.15, 0.2) is 44.4 Å². The number of aliphatic hydroxyl groups excluding tert-OH is 1. The molecule has 3 heterocycles. The predicted octanol–water partition coefficient (Wildman–Crippen LogP) is -0.805. The second-order valence-corrected chi connectivity index (χ2v) is 9.79. The number of thiazole rings is 1. The van der Waals surface area contributed by atoms with Crippen LogP contribution in [0.1, 0.15) is 5.56 Å². The third-order valence-corrected chi connectivity index (χ3v) is 7.79. The minimum absolute atomic E-state index is 0.183. The van der Waals surface area contributed by atoms with Crippen LogP contribution in [0.5, 0.6) is 0 Å². The van der Waals surface area contributed by atoms with Crippen molar-refractivity contribution in [1.29, 1.82) is 0 Å². The average molecular weight is 467 g/mol. The Balaban J connectivity index is 1.49. The summed E-state index contributed by atoms with van der Waals surface area (Å²) in [5, 5.41) is 11.0. The number of aliphatic hydroxyl groups is 1. The predicted molar refractivity (Wildman–Crippen MR) is 108 cm³/mol. The standard InChI is InChI=1S/C17H17N5O7S2/c1-10-8-20(15(25)19-14(10)24)9-13(23)21-6-7-22(17(26)29-21)31(27,28)16-18-11-4-2-3-5-12(11)30-16/h2-5,8,17,26H,6-7,9H2,1H3,(H,19,24,25). The summed E-state index contributed by atoms with van der Waals surface area (Å²) in [5.74, 6) is -0.704. The Bertz CT molecular complexity index is 1340. The van der Waals surface area contributed by atoms with Gasteiger partial charge in [0.05, 0.1) is 16.8 Å². The van der Waals surface area contributed by atoms with E-state index in [1.165, 1.54) is 13.1 Å². The molecule has 1 saturated heterocycles. The third kappa shape index (κ3) is 4.03. The maximum atomic E-state index is 12.9. The van der Waals surface area contributed by atoms with Gasteiger partial charge in [-0.15, -0.1) is 15.6 Å². The number of fused-ring (bicyclic) bond motifs is 1. The van der Waals surface area contributed by atoms with E-state index in [2.05, 4.69) is 9.97 Å². The van der Waals surface area contributed by atoms with E-state index in [4.69, 9.17) is 4.84 Å². The lowest BCUT2D eigenvalue weighted by molar-refractivity contribution is -0.309. The highest BCUT2D eigenvalue weighted by atomic mass is 32.2. The van der Waals surface area contributed by atoms with Crippen molar-refractivity contribution in [3.8, 4) is 0 Å². The smallest absolute Gasteiger partial charge is 0.328 e. The molecule has 0 saturated carbocycles. The molecule has 14 heteroatoms. The van der Waals surface area contributed by atoms with Gasteiger partial charge < -0.3 is 5.11 Å². The number of aryl methyl sites for hydroxylation is 1. The van der Waals surface area contributed by atoms with E-state index in [9.17, 15) is 27.9 Å². The molecule has 31 heavy (non-hydrogen) atoms. The Morgan fingerprint density at radius 1 is 1.32 bits per heavy atom. The molecule has 3 aromatic rings. The fraction of sp³-hybridized carbons (Fsp3) is 0.294. The van der Waals surface area contributed by atoms with Gasteiger partial charge in [-0.2, -0.15) is 0 Å². The summed E-state index contributed by atoms with van der Waals surface area (Å²) in [7, 11) is -4.17. The topological polar surface area (TPSA) is 155 Å². The molecule has 4 rings (SSSR count). The number of nitrogens with one attached hydrogen (secondary N) is 1. The van der Waals surface area contributed by atoms with E-state index < -0.39 is 40.1 Å². The first kappa shape index (κ1) is 21.3. The van der Waals surface area contributed by atoms with Gasteiger partial charge in [-0.25, -0.2) is 28.1 Å². The number of H-pyrrole nitrogens is 1. The SMILES string of the molecule is Cc1cn(CC(=O)N2CCN(S(=O)(=O)c3nc4ccccc4s3)C(O)O2)c(=O)[nH]c1=O. The van der Waals surface area contributed by atoms with E-state index in [0.29, 0.717) is 14.5 Å². The Morgan fingerprint density at radius 3 is 2.77 bits per heavy atom. The number of nitrogens with zero attached hydrogens (tertiary/aromatic N) is 4. The third-order valence-electron chi connectivity index (χ3n) is 4.57. The van der Waals surface area contributed by atoms with E-state index in [1.807, 2.05) is 0 Å². The second kappa shape index (κ2) is 7.97. The number of para-hydroxylation sites is 1. The fourth-order valence-electron chi connectivity index (χ4n) is 2.96. The number of benzene rings is 1.